The van der Waals surface area contributed by atoms with Gasteiger partial charge < -0.3 is 4.74 Å². The zero-order chi connectivity index (χ0) is 11.5. The lowest BCUT2D eigenvalue weighted by molar-refractivity contribution is -0.125. The number of carbonyl (C=O) groups excluding carboxylic acids is 2. The number of ether oxygens (including phenoxy) is 1. The van der Waals surface area contributed by atoms with Gasteiger partial charge in [0, 0.05) is 25.2 Å². The summed E-state index contributed by atoms with van der Waals surface area (Å²) in [7, 11) is 1.51. The van der Waals surface area contributed by atoms with Gasteiger partial charge in [-0.15, -0.1) is 0 Å². The smallest absolute Gasteiger partial charge is 0.262 e. The summed E-state index contributed by atoms with van der Waals surface area (Å²) in [4.78, 5) is 28.5. The predicted molar refractivity (Wildman–Crippen MR) is 56.1 cm³/mol. The molecule has 0 unspecified atom stereocenters. The Morgan fingerprint density at radius 3 is 2.81 bits per heavy atom. The molecule has 2 amide bonds. The fourth-order valence-electron chi connectivity index (χ4n) is 1.65. The summed E-state index contributed by atoms with van der Waals surface area (Å²) in [5.41, 5.74) is 0.413. The number of hydrogen-bond donors (Lipinski definition) is 0. The Balaban J connectivity index is 2.17. The Morgan fingerprint density at radius 2 is 2.31 bits per heavy atom. The number of pyridine rings is 1. The lowest BCUT2D eigenvalue weighted by Gasteiger charge is -2.12. The average molecular weight is 220 g/mol. The predicted octanol–water partition coefficient (Wildman–Crippen LogP) is 0.853. The highest BCUT2D eigenvalue weighted by molar-refractivity contribution is 6.05. The molecule has 0 spiro atoms. The van der Waals surface area contributed by atoms with Gasteiger partial charge in [-0.1, -0.05) is 0 Å². The molecular formula is C11H12N2O3. The third-order valence-corrected chi connectivity index (χ3v) is 2.51. The van der Waals surface area contributed by atoms with E-state index in [1.807, 2.05) is 0 Å². The van der Waals surface area contributed by atoms with Gasteiger partial charge in [-0.2, -0.15) is 0 Å². The number of imide groups is 1. The van der Waals surface area contributed by atoms with E-state index >= 15 is 0 Å². The maximum Gasteiger partial charge on any atom is 0.262 e. The summed E-state index contributed by atoms with van der Waals surface area (Å²) >= 11 is 0. The molecule has 5 heteroatoms. The minimum Gasteiger partial charge on any atom is -0.481 e. The van der Waals surface area contributed by atoms with Crippen molar-refractivity contribution in [1.82, 2.24) is 9.88 Å². The van der Waals surface area contributed by atoms with Gasteiger partial charge in [-0.25, -0.2) is 4.98 Å². The monoisotopic (exact) mass is 220 g/mol. The van der Waals surface area contributed by atoms with Gasteiger partial charge in [0.1, 0.15) is 0 Å². The Labute approximate surface area is 93.0 Å². The van der Waals surface area contributed by atoms with E-state index in [0.717, 1.165) is 6.42 Å². The molecule has 2 heterocycles. The Morgan fingerprint density at radius 1 is 1.50 bits per heavy atom. The van der Waals surface area contributed by atoms with E-state index in [0.29, 0.717) is 24.4 Å². The molecular weight excluding hydrogens is 208 g/mol. The third kappa shape index (κ3) is 1.88. The molecule has 5 nitrogen and oxygen atoms in total. The van der Waals surface area contributed by atoms with Crippen LogP contribution in [0.3, 0.4) is 0 Å². The molecule has 2 rings (SSSR count). The van der Waals surface area contributed by atoms with E-state index in [9.17, 15) is 9.59 Å². The first kappa shape index (κ1) is 10.6. The average Bonchev–Trinajstić information content (AvgIpc) is 2.75. The number of methoxy groups -OCH3 is 1. The Hall–Kier alpha value is -1.91. The van der Waals surface area contributed by atoms with E-state index in [-0.39, 0.29) is 11.8 Å². The van der Waals surface area contributed by atoms with Gasteiger partial charge in [0.05, 0.1) is 12.7 Å². The molecule has 0 N–H and O–H groups in total. The largest absolute Gasteiger partial charge is 0.481 e. The van der Waals surface area contributed by atoms with Crippen LogP contribution < -0.4 is 4.74 Å². The van der Waals surface area contributed by atoms with Crippen molar-refractivity contribution >= 4 is 11.8 Å². The number of hydrogen-bond acceptors (Lipinski definition) is 4. The maximum absolute atomic E-state index is 11.9. The fourth-order valence-corrected chi connectivity index (χ4v) is 1.65. The first-order chi connectivity index (χ1) is 7.72. The lowest BCUT2D eigenvalue weighted by atomic mass is 10.2. The maximum atomic E-state index is 11.9. The SMILES string of the molecule is COc1ccc(C(=O)N2CCCC2=O)cn1. The zero-order valence-electron chi connectivity index (χ0n) is 8.97. The molecule has 1 aromatic rings. The number of amides is 2. The second kappa shape index (κ2) is 4.30. The highest BCUT2D eigenvalue weighted by atomic mass is 16.5. The highest BCUT2D eigenvalue weighted by Crippen LogP contribution is 2.15. The molecule has 0 aliphatic carbocycles. The summed E-state index contributed by atoms with van der Waals surface area (Å²) < 4.78 is 4.89. The van der Waals surface area contributed by atoms with Crippen LogP contribution in [-0.2, 0) is 4.79 Å². The fraction of sp³-hybridized carbons (Fsp3) is 0.364. The highest BCUT2D eigenvalue weighted by Gasteiger charge is 2.27. The van der Waals surface area contributed by atoms with Gasteiger partial charge in [-0.05, 0) is 12.5 Å². The van der Waals surface area contributed by atoms with E-state index in [1.54, 1.807) is 12.1 Å². The summed E-state index contributed by atoms with van der Waals surface area (Å²) in [6, 6.07) is 3.22. The molecule has 84 valence electrons. The molecule has 1 saturated heterocycles. The van der Waals surface area contributed by atoms with Crippen LogP contribution in [-0.4, -0.2) is 35.4 Å². The van der Waals surface area contributed by atoms with Crippen molar-refractivity contribution in [1.29, 1.82) is 0 Å². The van der Waals surface area contributed by atoms with Gasteiger partial charge in [-0.3, -0.25) is 14.5 Å². The Kier molecular flexibility index (Phi) is 2.85. The summed E-state index contributed by atoms with van der Waals surface area (Å²) in [6.07, 6.45) is 2.62. The quantitative estimate of drug-likeness (QED) is 0.693. The van der Waals surface area contributed by atoms with Crippen molar-refractivity contribution in [3.05, 3.63) is 23.9 Å². The van der Waals surface area contributed by atoms with E-state index in [1.165, 1.54) is 18.2 Å². The number of aromatic nitrogens is 1. The first-order valence-electron chi connectivity index (χ1n) is 5.07. The minimum atomic E-state index is -0.280. The molecule has 1 aliphatic rings. The zero-order valence-corrected chi connectivity index (χ0v) is 8.97. The summed E-state index contributed by atoms with van der Waals surface area (Å²) in [6.45, 7) is 0.504. The van der Waals surface area contributed by atoms with Crippen molar-refractivity contribution in [3.8, 4) is 5.88 Å². The van der Waals surface area contributed by atoms with Crippen LogP contribution in [0.2, 0.25) is 0 Å². The van der Waals surface area contributed by atoms with Crippen molar-refractivity contribution in [2.75, 3.05) is 13.7 Å². The minimum absolute atomic E-state index is 0.110. The van der Waals surface area contributed by atoms with Crippen LogP contribution in [0.25, 0.3) is 0 Å². The van der Waals surface area contributed by atoms with Gasteiger partial charge in [0.2, 0.25) is 11.8 Å². The van der Waals surface area contributed by atoms with Crippen LogP contribution in [0.5, 0.6) is 5.88 Å². The van der Waals surface area contributed by atoms with Gasteiger partial charge in [0.25, 0.3) is 5.91 Å². The first-order valence-corrected chi connectivity index (χ1v) is 5.07. The standard InChI is InChI=1S/C11H12N2O3/c1-16-9-5-4-8(7-12-9)11(15)13-6-2-3-10(13)14/h4-5,7H,2-3,6H2,1H3. The Bertz CT molecular complexity index is 414. The molecule has 1 aliphatic heterocycles. The molecule has 0 atom stereocenters. The van der Waals surface area contributed by atoms with Crippen molar-refractivity contribution in [2.24, 2.45) is 0 Å². The summed E-state index contributed by atoms with van der Waals surface area (Å²) in [5.74, 6) is 0.0581. The number of carbonyl (C=O) groups is 2. The topological polar surface area (TPSA) is 59.5 Å². The lowest BCUT2D eigenvalue weighted by Crippen LogP contribution is -2.31. The van der Waals surface area contributed by atoms with Crippen molar-refractivity contribution < 1.29 is 14.3 Å². The number of rotatable bonds is 2. The molecule has 1 fully saturated rings. The van der Waals surface area contributed by atoms with Crippen LogP contribution in [0.4, 0.5) is 0 Å². The summed E-state index contributed by atoms with van der Waals surface area (Å²) in [5, 5.41) is 0. The number of likely N-dealkylation sites (tertiary alicyclic amines) is 1. The van der Waals surface area contributed by atoms with E-state index < -0.39 is 0 Å². The van der Waals surface area contributed by atoms with Crippen LogP contribution >= 0.6 is 0 Å². The molecule has 0 saturated carbocycles. The van der Waals surface area contributed by atoms with Crippen molar-refractivity contribution in [3.63, 3.8) is 0 Å². The normalized spacial score (nSPS) is 15.3. The van der Waals surface area contributed by atoms with E-state index in [4.69, 9.17) is 4.74 Å². The van der Waals surface area contributed by atoms with Crippen LogP contribution in [0, 0.1) is 0 Å². The second-order valence-electron chi connectivity index (χ2n) is 3.54. The molecule has 0 bridgehead atoms. The van der Waals surface area contributed by atoms with Gasteiger partial charge in [0.15, 0.2) is 0 Å². The second-order valence-corrected chi connectivity index (χ2v) is 3.54. The molecule has 16 heavy (non-hydrogen) atoms. The molecule has 0 aromatic carbocycles. The number of nitrogens with zero attached hydrogens (tertiary/aromatic N) is 2. The van der Waals surface area contributed by atoms with Crippen LogP contribution in [0.1, 0.15) is 23.2 Å². The van der Waals surface area contributed by atoms with Crippen LogP contribution in [0.15, 0.2) is 18.3 Å². The third-order valence-electron chi connectivity index (χ3n) is 2.51. The van der Waals surface area contributed by atoms with Crippen molar-refractivity contribution in [2.45, 2.75) is 12.8 Å². The van der Waals surface area contributed by atoms with E-state index in [2.05, 4.69) is 4.98 Å². The van der Waals surface area contributed by atoms with Gasteiger partial charge >= 0.3 is 0 Å². The molecule has 1 aromatic heterocycles. The molecule has 0 radical (unpaired) electrons.